The van der Waals surface area contributed by atoms with Gasteiger partial charge in [-0.05, 0) is 49.6 Å². The van der Waals surface area contributed by atoms with Crippen LogP contribution in [-0.2, 0) is 19.1 Å². The molecule has 6 nitrogen and oxygen atoms in total. The fourth-order valence-corrected chi connectivity index (χ4v) is 3.70. The van der Waals surface area contributed by atoms with Gasteiger partial charge in [0, 0.05) is 18.5 Å². The Hall–Kier alpha value is -2.86. The lowest BCUT2D eigenvalue weighted by molar-refractivity contribution is -0.146. The molecule has 1 aliphatic heterocycles. The lowest BCUT2D eigenvalue weighted by Gasteiger charge is -2.16. The third-order valence-electron chi connectivity index (χ3n) is 5.44. The number of hydrogen-bond acceptors (Lipinski definition) is 5. The summed E-state index contributed by atoms with van der Waals surface area (Å²) in [7, 11) is 1.39. The molecule has 0 aliphatic carbocycles. The molecule has 1 N–H and O–H groups in total. The maximum atomic E-state index is 12.2. The number of esters is 1. The van der Waals surface area contributed by atoms with Crippen molar-refractivity contribution in [2.24, 2.45) is 5.92 Å². The fourth-order valence-electron chi connectivity index (χ4n) is 3.70. The van der Waals surface area contributed by atoms with Gasteiger partial charge in [0.2, 0.25) is 5.91 Å². The first-order chi connectivity index (χ1) is 15.2. The quantitative estimate of drug-likeness (QED) is 0.334. The van der Waals surface area contributed by atoms with E-state index in [2.05, 4.69) is 5.32 Å². The number of fused-ring (bicyclic) bond motifs is 1. The van der Waals surface area contributed by atoms with Crippen molar-refractivity contribution in [3.63, 3.8) is 0 Å². The van der Waals surface area contributed by atoms with Crippen molar-refractivity contribution < 1.29 is 23.8 Å². The number of allylic oxidation sites excluding steroid dienone is 1. The van der Waals surface area contributed by atoms with Crippen LogP contribution in [0.1, 0.15) is 32.1 Å². The second kappa shape index (κ2) is 12.1. The summed E-state index contributed by atoms with van der Waals surface area (Å²) in [5.74, 6) is 0.0124. The molecule has 6 heteroatoms. The number of benzene rings is 2. The van der Waals surface area contributed by atoms with Crippen LogP contribution in [0.4, 0.5) is 0 Å². The minimum atomic E-state index is -0.356. The number of unbranched alkanes of at least 4 members (excludes halogenated alkanes) is 1. The summed E-state index contributed by atoms with van der Waals surface area (Å²) in [5.41, 5.74) is 0. The summed E-state index contributed by atoms with van der Waals surface area (Å²) in [6.45, 7) is 1.59. The van der Waals surface area contributed by atoms with Gasteiger partial charge in [0.25, 0.3) is 0 Å². The van der Waals surface area contributed by atoms with Gasteiger partial charge in [-0.3, -0.25) is 9.59 Å². The Morgan fingerprint density at radius 1 is 1.23 bits per heavy atom. The molecule has 1 heterocycles. The molecule has 0 bridgehead atoms. The van der Waals surface area contributed by atoms with Crippen LogP contribution >= 0.6 is 0 Å². The molecule has 0 spiro atoms. The molecule has 1 amide bonds. The van der Waals surface area contributed by atoms with Gasteiger partial charge in [0.15, 0.2) is 0 Å². The Morgan fingerprint density at radius 3 is 2.87 bits per heavy atom. The number of amides is 1. The smallest absolute Gasteiger partial charge is 0.312 e. The topological polar surface area (TPSA) is 73.9 Å². The van der Waals surface area contributed by atoms with E-state index >= 15 is 0 Å². The number of carbonyl (C=O) groups is 2. The van der Waals surface area contributed by atoms with Crippen molar-refractivity contribution in [1.29, 1.82) is 0 Å². The van der Waals surface area contributed by atoms with Crippen LogP contribution in [0.3, 0.4) is 0 Å². The Bertz CT molecular complexity index is 883. The Labute approximate surface area is 183 Å². The lowest BCUT2D eigenvalue weighted by atomic mass is 10.0. The zero-order valence-corrected chi connectivity index (χ0v) is 18.0. The van der Waals surface area contributed by atoms with Crippen LogP contribution in [-0.4, -0.2) is 44.8 Å². The van der Waals surface area contributed by atoms with E-state index in [9.17, 15) is 9.59 Å². The van der Waals surface area contributed by atoms with E-state index < -0.39 is 0 Å². The van der Waals surface area contributed by atoms with Crippen molar-refractivity contribution in [2.45, 2.75) is 38.2 Å². The van der Waals surface area contributed by atoms with E-state index in [1.807, 2.05) is 48.5 Å². The molecular weight excluding hydrogens is 394 g/mol. The predicted molar refractivity (Wildman–Crippen MR) is 120 cm³/mol. The minimum Gasteiger partial charge on any atom is -0.492 e. The SMILES string of the molecule is COC(=O)C(CCCC=CC(=O)NCC1CCCO1)COc1cccc2ccccc12. The monoisotopic (exact) mass is 425 g/mol. The second-order valence-electron chi connectivity index (χ2n) is 7.72. The molecule has 166 valence electrons. The molecule has 1 aliphatic rings. The van der Waals surface area contributed by atoms with Crippen LogP contribution in [0.25, 0.3) is 10.8 Å². The van der Waals surface area contributed by atoms with Gasteiger partial charge in [-0.2, -0.15) is 0 Å². The average molecular weight is 426 g/mol. The summed E-state index contributed by atoms with van der Waals surface area (Å²) in [5, 5.41) is 4.97. The van der Waals surface area contributed by atoms with Crippen molar-refractivity contribution >= 4 is 22.6 Å². The normalized spacial score (nSPS) is 17.0. The van der Waals surface area contributed by atoms with Gasteiger partial charge in [-0.1, -0.05) is 42.5 Å². The number of carbonyl (C=O) groups excluding carboxylic acids is 2. The van der Waals surface area contributed by atoms with E-state index in [0.29, 0.717) is 19.4 Å². The summed E-state index contributed by atoms with van der Waals surface area (Å²) >= 11 is 0. The van der Waals surface area contributed by atoms with Crippen molar-refractivity contribution in [2.75, 3.05) is 26.9 Å². The third-order valence-corrected chi connectivity index (χ3v) is 5.44. The lowest BCUT2D eigenvalue weighted by Crippen LogP contribution is -2.30. The summed E-state index contributed by atoms with van der Waals surface area (Å²) in [6, 6.07) is 13.9. The molecule has 31 heavy (non-hydrogen) atoms. The molecule has 2 aromatic rings. The average Bonchev–Trinajstić information content (AvgIpc) is 3.32. The zero-order valence-electron chi connectivity index (χ0n) is 18.0. The number of methoxy groups -OCH3 is 1. The number of hydrogen-bond donors (Lipinski definition) is 1. The van der Waals surface area contributed by atoms with E-state index in [1.165, 1.54) is 7.11 Å². The highest BCUT2D eigenvalue weighted by Gasteiger charge is 2.20. The van der Waals surface area contributed by atoms with E-state index in [1.54, 1.807) is 6.08 Å². The van der Waals surface area contributed by atoms with Crippen LogP contribution in [0.15, 0.2) is 54.6 Å². The molecule has 2 aromatic carbocycles. The van der Waals surface area contributed by atoms with Crippen molar-refractivity contribution in [1.82, 2.24) is 5.32 Å². The molecule has 0 radical (unpaired) electrons. The van der Waals surface area contributed by atoms with E-state index in [4.69, 9.17) is 14.2 Å². The van der Waals surface area contributed by atoms with Gasteiger partial charge >= 0.3 is 5.97 Å². The molecule has 1 saturated heterocycles. The fraction of sp³-hybridized carbons (Fsp3) is 0.440. The summed E-state index contributed by atoms with van der Waals surface area (Å²) in [6.07, 6.45) is 7.67. The largest absolute Gasteiger partial charge is 0.492 e. The molecular formula is C25H31NO5. The molecule has 2 atom stereocenters. The number of nitrogens with one attached hydrogen (secondary N) is 1. The van der Waals surface area contributed by atoms with Crippen molar-refractivity contribution in [3.05, 3.63) is 54.6 Å². The Morgan fingerprint density at radius 2 is 2.06 bits per heavy atom. The van der Waals surface area contributed by atoms with Gasteiger partial charge in [-0.15, -0.1) is 0 Å². The van der Waals surface area contributed by atoms with Gasteiger partial charge in [0.05, 0.1) is 19.1 Å². The molecule has 0 saturated carbocycles. The zero-order chi connectivity index (χ0) is 21.9. The molecule has 3 rings (SSSR count). The number of rotatable bonds is 11. The van der Waals surface area contributed by atoms with Crippen LogP contribution in [0.2, 0.25) is 0 Å². The van der Waals surface area contributed by atoms with Crippen molar-refractivity contribution in [3.8, 4) is 5.75 Å². The van der Waals surface area contributed by atoms with Crippen LogP contribution < -0.4 is 10.1 Å². The van der Waals surface area contributed by atoms with Gasteiger partial charge in [-0.25, -0.2) is 0 Å². The van der Waals surface area contributed by atoms with Gasteiger partial charge in [0.1, 0.15) is 12.4 Å². The second-order valence-corrected chi connectivity index (χ2v) is 7.72. The van der Waals surface area contributed by atoms with Crippen LogP contribution in [0, 0.1) is 5.92 Å². The van der Waals surface area contributed by atoms with E-state index in [-0.39, 0.29) is 30.5 Å². The Kier molecular flexibility index (Phi) is 8.91. The van der Waals surface area contributed by atoms with Gasteiger partial charge < -0.3 is 19.5 Å². The molecule has 0 aromatic heterocycles. The highest BCUT2D eigenvalue weighted by molar-refractivity contribution is 5.88. The maximum absolute atomic E-state index is 12.2. The molecule has 1 fully saturated rings. The summed E-state index contributed by atoms with van der Waals surface area (Å²) in [4.78, 5) is 24.1. The molecule has 2 unspecified atom stereocenters. The third kappa shape index (κ3) is 7.10. The summed E-state index contributed by atoms with van der Waals surface area (Å²) < 4.78 is 16.4. The first-order valence-corrected chi connectivity index (χ1v) is 10.9. The maximum Gasteiger partial charge on any atom is 0.312 e. The first kappa shape index (κ1) is 22.8. The van der Waals surface area contributed by atoms with Crippen LogP contribution in [0.5, 0.6) is 5.75 Å². The standard InChI is InChI=1S/C25H31NO5/c1-29-25(28)20(18-31-23-14-7-11-19-9-5-6-13-22(19)23)10-3-2-4-15-24(27)26-17-21-12-8-16-30-21/h4-7,9,11,13-15,20-21H,2-3,8,10,12,16-18H2,1H3,(H,26,27). The number of ether oxygens (including phenoxy) is 3. The highest BCUT2D eigenvalue weighted by Crippen LogP contribution is 2.26. The highest BCUT2D eigenvalue weighted by atomic mass is 16.5. The van der Waals surface area contributed by atoms with E-state index in [0.717, 1.165) is 42.4 Å². The Balaban J connectivity index is 1.43. The predicted octanol–water partition coefficient (Wildman–Crippen LogP) is 4.03. The first-order valence-electron chi connectivity index (χ1n) is 10.9. The minimum absolute atomic E-state index is 0.112.